The molecule has 0 bridgehead atoms. The van der Waals surface area contributed by atoms with Crippen LogP contribution in [0.25, 0.3) is 0 Å². The summed E-state index contributed by atoms with van der Waals surface area (Å²) in [6, 6.07) is 2.04. The molecule has 2 aliphatic rings. The molecular weight excluding hydrogens is 250 g/mol. The fourth-order valence-electron chi connectivity index (χ4n) is 2.50. The number of rotatable bonds is 3. The number of carbonyl (C=O) groups excluding carboxylic acids is 1. The molecule has 0 spiro atoms. The molecule has 1 unspecified atom stereocenters. The average molecular weight is 265 g/mol. The summed E-state index contributed by atoms with van der Waals surface area (Å²) in [6.45, 7) is 0.925. The van der Waals surface area contributed by atoms with Crippen LogP contribution in [0, 0.1) is 5.92 Å². The summed E-state index contributed by atoms with van der Waals surface area (Å²) >= 11 is 1.48. The molecule has 0 radical (unpaired) electrons. The van der Waals surface area contributed by atoms with Crippen molar-refractivity contribution in [2.24, 2.45) is 5.92 Å². The summed E-state index contributed by atoms with van der Waals surface area (Å²) < 4.78 is 0. The van der Waals surface area contributed by atoms with Crippen molar-refractivity contribution < 1.29 is 14.7 Å². The van der Waals surface area contributed by atoms with Crippen molar-refractivity contribution in [2.45, 2.75) is 25.2 Å². The van der Waals surface area contributed by atoms with Gasteiger partial charge in [-0.05, 0) is 42.2 Å². The van der Waals surface area contributed by atoms with Gasteiger partial charge in [0.2, 0.25) is 0 Å². The molecule has 1 saturated heterocycles. The SMILES string of the molecule is O=C(O)C1CCN(C(=O)c2sccc2C2CC2)C1. The van der Waals surface area contributed by atoms with Gasteiger partial charge < -0.3 is 10.0 Å². The van der Waals surface area contributed by atoms with Gasteiger partial charge in [-0.25, -0.2) is 0 Å². The Labute approximate surface area is 109 Å². The molecule has 1 amide bonds. The zero-order chi connectivity index (χ0) is 12.7. The summed E-state index contributed by atoms with van der Waals surface area (Å²) in [4.78, 5) is 25.8. The number of hydrogen-bond donors (Lipinski definition) is 1. The van der Waals surface area contributed by atoms with Crippen molar-refractivity contribution >= 4 is 23.2 Å². The minimum absolute atomic E-state index is 0.0238. The number of carboxylic acids is 1. The van der Waals surface area contributed by atoms with Gasteiger partial charge in [0.15, 0.2) is 0 Å². The quantitative estimate of drug-likeness (QED) is 0.911. The third-order valence-electron chi connectivity index (χ3n) is 3.73. The van der Waals surface area contributed by atoms with E-state index in [9.17, 15) is 9.59 Å². The van der Waals surface area contributed by atoms with Crippen molar-refractivity contribution in [3.05, 3.63) is 21.9 Å². The highest BCUT2D eigenvalue weighted by Gasteiger charge is 2.35. The summed E-state index contributed by atoms with van der Waals surface area (Å²) in [5, 5.41) is 10.9. The number of amides is 1. The van der Waals surface area contributed by atoms with Gasteiger partial charge in [-0.2, -0.15) is 0 Å². The minimum Gasteiger partial charge on any atom is -0.481 e. The molecule has 4 nitrogen and oxygen atoms in total. The summed E-state index contributed by atoms with van der Waals surface area (Å²) in [6.07, 6.45) is 2.93. The second-order valence-electron chi connectivity index (χ2n) is 5.05. The van der Waals surface area contributed by atoms with Crippen LogP contribution < -0.4 is 0 Å². The first-order chi connectivity index (χ1) is 8.66. The highest BCUT2D eigenvalue weighted by Crippen LogP contribution is 2.43. The molecule has 5 heteroatoms. The molecule has 1 aromatic rings. The molecule has 3 rings (SSSR count). The molecule has 18 heavy (non-hydrogen) atoms. The zero-order valence-corrected chi connectivity index (χ0v) is 10.8. The largest absolute Gasteiger partial charge is 0.481 e. The molecule has 2 heterocycles. The molecular formula is C13H15NO3S. The van der Waals surface area contributed by atoms with Crippen LogP contribution in [0.3, 0.4) is 0 Å². The molecule has 1 N–H and O–H groups in total. The lowest BCUT2D eigenvalue weighted by Gasteiger charge is -2.15. The van der Waals surface area contributed by atoms with Crippen LogP contribution in [0.15, 0.2) is 11.4 Å². The van der Waals surface area contributed by atoms with Crippen LogP contribution in [-0.4, -0.2) is 35.0 Å². The number of carboxylic acid groups (broad SMARTS) is 1. The number of aliphatic carboxylic acids is 1. The van der Waals surface area contributed by atoms with Crippen LogP contribution in [0.1, 0.15) is 40.4 Å². The Morgan fingerprint density at radius 1 is 1.33 bits per heavy atom. The highest BCUT2D eigenvalue weighted by molar-refractivity contribution is 7.12. The standard InChI is InChI=1S/C13H15NO3S/c15-12(14-5-3-9(7-14)13(16)17)11-10(4-6-18-11)8-1-2-8/h4,6,8-9H,1-3,5,7H2,(H,16,17). The maximum Gasteiger partial charge on any atom is 0.308 e. The molecule has 1 atom stereocenters. The van der Waals surface area contributed by atoms with Crippen LogP contribution in [0.2, 0.25) is 0 Å². The molecule has 1 saturated carbocycles. The van der Waals surface area contributed by atoms with Crippen LogP contribution in [-0.2, 0) is 4.79 Å². The fourth-order valence-corrected chi connectivity index (χ4v) is 3.45. The summed E-state index contributed by atoms with van der Waals surface area (Å²) in [5.41, 5.74) is 1.17. The molecule has 1 aromatic heterocycles. The van der Waals surface area contributed by atoms with E-state index in [2.05, 4.69) is 0 Å². The lowest BCUT2D eigenvalue weighted by Crippen LogP contribution is -2.29. The van der Waals surface area contributed by atoms with E-state index in [0.717, 1.165) is 4.88 Å². The highest BCUT2D eigenvalue weighted by atomic mass is 32.1. The van der Waals surface area contributed by atoms with Crippen LogP contribution in [0.5, 0.6) is 0 Å². The van der Waals surface area contributed by atoms with E-state index in [1.165, 1.54) is 29.7 Å². The number of carbonyl (C=O) groups is 2. The van der Waals surface area contributed by atoms with Crippen molar-refractivity contribution in [3.8, 4) is 0 Å². The van der Waals surface area contributed by atoms with Crippen molar-refractivity contribution in [1.29, 1.82) is 0 Å². The van der Waals surface area contributed by atoms with Gasteiger partial charge in [0.1, 0.15) is 0 Å². The zero-order valence-electron chi connectivity index (χ0n) is 9.96. The number of thiophene rings is 1. The van der Waals surface area contributed by atoms with E-state index in [0.29, 0.717) is 25.4 Å². The van der Waals surface area contributed by atoms with Gasteiger partial charge >= 0.3 is 5.97 Å². The first-order valence-electron chi connectivity index (χ1n) is 6.26. The second-order valence-corrected chi connectivity index (χ2v) is 5.97. The Balaban J connectivity index is 1.75. The predicted molar refractivity (Wildman–Crippen MR) is 67.9 cm³/mol. The van der Waals surface area contributed by atoms with E-state index in [4.69, 9.17) is 5.11 Å². The Kier molecular flexibility index (Phi) is 2.86. The maximum absolute atomic E-state index is 12.4. The Morgan fingerprint density at radius 2 is 2.11 bits per heavy atom. The van der Waals surface area contributed by atoms with Gasteiger partial charge in [0.25, 0.3) is 5.91 Å². The molecule has 96 valence electrons. The number of hydrogen-bond acceptors (Lipinski definition) is 3. The summed E-state index contributed by atoms with van der Waals surface area (Å²) in [5.74, 6) is -0.596. The van der Waals surface area contributed by atoms with Crippen LogP contribution >= 0.6 is 11.3 Å². The van der Waals surface area contributed by atoms with Gasteiger partial charge in [-0.1, -0.05) is 0 Å². The van der Waals surface area contributed by atoms with Gasteiger partial charge in [-0.3, -0.25) is 9.59 Å². The van der Waals surface area contributed by atoms with Crippen molar-refractivity contribution in [1.82, 2.24) is 4.90 Å². The molecule has 1 aliphatic heterocycles. The van der Waals surface area contributed by atoms with E-state index in [-0.39, 0.29) is 5.91 Å². The maximum atomic E-state index is 12.4. The second kappa shape index (κ2) is 4.39. The first kappa shape index (κ1) is 11.7. The van der Waals surface area contributed by atoms with Gasteiger partial charge in [0.05, 0.1) is 10.8 Å². The average Bonchev–Trinajstić information content (AvgIpc) is 2.92. The van der Waals surface area contributed by atoms with Crippen molar-refractivity contribution in [2.75, 3.05) is 13.1 Å². The van der Waals surface area contributed by atoms with Crippen LogP contribution in [0.4, 0.5) is 0 Å². The number of nitrogens with zero attached hydrogens (tertiary/aromatic N) is 1. The topological polar surface area (TPSA) is 57.6 Å². The summed E-state index contributed by atoms with van der Waals surface area (Å²) in [7, 11) is 0. The van der Waals surface area contributed by atoms with E-state index < -0.39 is 11.9 Å². The lowest BCUT2D eigenvalue weighted by atomic mass is 10.1. The molecule has 1 aliphatic carbocycles. The third-order valence-corrected chi connectivity index (χ3v) is 4.65. The van der Waals surface area contributed by atoms with Gasteiger partial charge in [0, 0.05) is 13.1 Å². The molecule has 2 fully saturated rings. The van der Waals surface area contributed by atoms with Crippen molar-refractivity contribution in [3.63, 3.8) is 0 Å². The van der Waals surface area contributed by atoms with E-state index in [1.807, 2.05) is 11.4 Å². The third kappa shape index (κ3) is 2.03. The normalized spacial score (nSPS) is 23.3. The van der Waals surface area contributed by atoms with Gasteiger partial charge in [-0.15, -0.1) is 11.3 Å². The smallest absolute Gasteiger partial charge is 0.308 e. The Bertz CT molecular complexity index is 492. The van der Waals surface area contributed by atoms with E-state index in [1.54, 1.807) is 4.90 Å². The Morgan fingerprint density at radius 3 is 2.72 bits per heavy atom. The lowest BCUT2D eigenvalue weighted by molar-refractivity contribution is -0.141. The predicted octanol–water partition coefficient (Wildman–Crippen LogP) is 2.17. The Hall–Kier alpha value is -1.36. The first-order valence-corrected chi connectivity index (χ1v) is 7.14. The number of likely N-dealkylation sites (tertiary alicyclic amines) is 1. The van der Waals surface area contributed by atoms with E-state index >= 15 is 0 Å². The minimum atomic E-state index is -0.793. The molecule has 0 aromatic carbocycles. The fraction of sp³-hybridized carbons (Fsp3) is 0.538. The monoisotopic (exact) mass is 265 g/mol.